The number of H-pyrrole nitrogens is 1. The number of amides is 1. The number of carbonyl (C=O) groups is 1. The second kappa shape index (κ2) is 8.80. The largest absolute Gasteiger partial charge is 0.337 e. The van der Waals surface area contributed by atoms with E-state index in [9.17, 15) is 9.59 Å². The monoisotopic (exact) mass is 407 g/mol. The fraction of sp³-hybridized carbons (Fsp3) is 0.478. The van der Waals surface area contributed by atoms with E-state index in [1.54, 1.807) is 11.8 Å². The van der Waals surface area contributed by atoms with E-state index >= 15 is 0 Å². The van der Waals surface area contributed by atoms with Crippen molar-refractivity contribution in [3.8, 4) is 6.07 Å². The number of rotatable bonds is 3. The van der Waals surface area contributed by atoms with Gasteiger partial charge in [-0.25, -0.2) is 4.98 Å². The van der Waals surface area contributed by atoms with Gasteiger partial charge in [0.15, 0.2) is 0 Å². The van der Waals surface area contributed by atoms with Crippen LogP contribution in [-0.4, -0.2) is 51.9 Å². The molecular weight excluding hydrogens is 378 g/mol. The molecule has 3 rings (SSSR count). The number of nitrogens with zero attached hydrogens (tertiary/aromatic N) is 4. The summed E-state index contributed by atoms with van der Waals surface area (Å²) in [5.74, 6) is 0.341. The van der Waals surface area contributed by atoms with Crippen LogP contribution in [0.1, 0.15) is 60.2 Å². The molecule has 0 unspecified atom stereocenters. The van der Waals surface area contributed by atoms with Crippen molar-refractivity contribution in [1.82, 2.24) is 19.8 Å². The molecule has 0 bridgehead atoms. The zero-order valence-electron chi connectivity index (χ0n) is 18.2. The van der Waals surface area contributed by atoms with Crippen molar-refractivity contribution in [3.05, 3.63) is 62.8 Å². The van der Waals surface area contributed by atoms with Crippen molar-refractivity contribution in [2.75, 3.05) is 26.2 Å². The third kappa shape index (κ3) is 4.95. The van der Waals surface area contributed by atoms with E-state index < -0.39 is 0 Å². The minimum absolute atomic E-state index is 0.142. The Morgan fingerprint density at radius 1 is 1.17 bits per heavy atom. The molecule has 1 aromatic carbocycles. The molecule has 1 saturated heterocycles. The topological polar surface area (TPSA) is 93.1 Å². The van der Waals surface area contributed by atoms with Gasteiger partial charge in [0.25, 0.3) is 11.5 Å². The van der Waals surface area contributed by atoms with Crippen LogP contribution in [0.3, 0.4) is 0 Å². The summed E-state index contributed by atoms with van der Waals surface area (Å²) in [5, 5.41) is 8.93. The first kappa shape index (κ1) is 21.7. The number of nitriles is 1. The summed E-state index contributed by atoms with van der Waals surface area (Å²) in [6.45, 7) is 11.2. The highest BCUT2D eigenvalue weighted by molar-refractivity contribution is 5.94. The maximum absolute atomic E-state index is 13.1. The molecule has 1 amide bonds. The zero-order chi connectivity index (χ0) is 21.9. The summed E-state index contributed by atoms with van der Waals surface area (Å²) in [6.07, 6.45) is 0.840. The lowest BCUT2D eigenvalue weighted by atomic mass is 9.95. The van der Waals surface area contributed by atoms with Crippen LogP contribution in [0.5, 0.6) is 0 Å². The van der Waals surface area contributed by atoms with Gasteiger partial charge in [-0.05, 0) is 31.0 Å². The molecule has 158 valence electrons. The molecule has 2 heterocycles. The van der Waals surface area contributed by atoms with Gasteiger partial charge >= 0.3 is 0 Å². The number of carbonyl (C=O) groups excluding carboxylic acids is 1. The van der Waals surface area contributed by atoms with Gasteiger partial charge in [0.2, 0.25) is 0 Å². The van der Waals surface area contributed by atoms with Crippen molar-refractivity contribution in [3.63, 3.8) is 0 Å². The molecule has 1 N–H and O–H groups in total. The molecule has 7 heteroatoms. The predicted molar refractivity (Wildman–Crippen MR) is 115 cm³/mol. The van der Waals surface area contributed by atoms with Crippen molar-refractivity contribution < 1.29 is 4.79 Å². The number of hydrogen-bond donors (Lipinski definition) is 1. The number of benzene rings is 1. The summed E-state index contributed by atoms with van der Waals surface area (Å²) >= 11 is 0. The molecule has 0 spiro atoms. The second-order valence-corrected chi connectivity index (χ2v) is 8.86. The molecule has 1 aliphatic heterocycles. The highest BCUT2D eigenvalue weighted by Crippen LogP contribution is 2.18. The Morgan fingerprint density at radius 2 is 1.87 bits per heavy atom. The summed E-state index contributed by atoms with van der Waals surface area (Å²) in [4.78, 5) is 37.1. The summed E-state index contributed by atoms with van der Waals surface area (Å²) < 4.78 is 0. The number of hydrogen-bond acceptors (Lipinski definition) is 5. The van der Waals surface area contributed by atoms with Gasteiger partial charge in [0.1, 0.15) is 11.4 Å². The standard InChI is InChI=1S/C23H29N5O2/c1-16-19(20(29)26-22(25-16)23(2,3)4)21(30)28-11-5-10-27(12-13-28)15-18-8-6-17(14-24)7-9-18/h6-9H,5,10-13,15H2,1-4H3,(H,25,26,29). The van der Waals surface area contributed by atoms with Crippen LogP contribution in [0.25, 0.3) is 0 Å². The molecule has 1 aromatic heterocycles. The first-order valence-electron chi connectivity index (χ1n) is 10.3. The molecule has 2 aromatic rings. The van der Waals surface area contributed by atoms with E-state index in [4.69, 9.17) is 5.26 Å². The van der Waals surface area contributed by atoms with Crippen LogP contribution in [0.2, 0.25) is 0 Å². The van der Waals surface area contributed by atoms with Gasteiger partial charge in [0.05, 0.1) is 17.3 Å². The molecule has 0 saturated carbocycles. The van der Waals surface area contributed by atoms with Gasteiger partial charge in [0, 0.05) is 38.1 Å². The van der Waals surface area contributed by atoms with Crippen LogP contribution < -0.4 is 5.56 Å². The van der Waals surface area contributed by atoms with Crippen LogP contribution in [0.4, 0.5) is 0 Å². The number of aromatic nitrogens is 2. The van der Waals surface area contributed by atoms with E-state index in [-0.39, 0.29) is 22.4 Å². The third-order valence-corrected chi connectivity index (χ3v) is 5.39. The smallest absolute Gasteiger partial charge is 0.264 e. The average molecular weight is 408 g/mol. The Morgan fingerprint density at radius 3 is 2.47 bits per heavy atom. The van der Waals surface area contributed by atoms with Gasteiger partial charge < -0.3 is 9.88 Å². The number of aromatic amines is 1. The first-order chi connectivity index (χ1) is 14.2. The minimum Gasteiger partial charge on any atom is -0.337 e. The second-order valence-electron chi connectivity index (χ2n) is 8.86. The molecule has 1 fully saturated rings. The van der Waals surface area contributed by atoms with Gasteiger partial charge in [-0.15, -0.1) is 0 Å². The van der Waals surface area contributed by atoms with Crippen LogP contribution in [0, 0.1) is 18.3 Å². The van der Waals surface area contributed by atoms with Crippen molar-refractivity contribution in [1.29, 1.82) is 5.26 Å². The maximum Gasteiger partial charge on any atom is 0.264 e. The molecule has 0 aliphatic carbocycles. The molecule has 0 radical (unpaired) electrons. The van der Waals surface area contributed by atoms with Crippen LogP contribution in [0.15, 0.2) is 29.1 Å². The highest BCUT2D eigenvalue weighted by atomic mass is 16.2. The van der Waals surface area contributed by atoms with Crippen LogP contribution in [-0.2, 0) is 12.0 Å². The zero-order valence-corrected chi connectivity index (χ0v) is 18.2. The van der Waals surface area contributed by atoms with Crippen LogP contribution >= 0.6 is 0 Å². The molecule has 1 aliphatic rings. The van der Waals surface area contributed by atoms with Crippen molar-refractivity contribution in [2.24, 2.45) is 0 Å². The third-order valence-electron chi connectivity index (χ3n) is 5.39. The SMILES string of the molecule is Cc1nc(C(C)(C)C)[nH]c(=O)c1C(=O)N1CCCN(Cc2ccc(C#N)cc2)CC1. The molecule has 7 nitrogen and oxygen atoms in total. The van der Waals surface area contributed by atoms with Gasteiger partial charge in [-0.2, -0.15) is 5.26 Å². The summed E-state index contributed by atoms with van der Waals surface area (Å²) in [6, 6.07) is 9.72. The van der Waals surface area contributed by atoms with E-state index in [0.717, 1.165) is 31.6 Å². The van der Waals surface area contributed by atoms with E-state index in [1.165, 1.54) is 0 Å². The minimum atomic E-state index is -0.365. The Kier molecular flexibility index (Phi) is 6.37. The fourth-order valence-electron chi connectivity index (χ4n) is 3.63. The quantitative estimate of drug-likeness (QED) is 0.844. The predicted octanol–water partition coefficient (Wildman–Crippen LogP) is 2.60. The Balaban J connectivity index is 1.70. The Bertz CT molecular complexity index is 1010. The molecule has 30 heavy (non-hydrogen) atoms. The van der Waals surface area contributed by atoms with E-state index in [1.807, 2.05) is 45.0 Å². The normalized spacial score (nSPS) is 15.5. The Hall–Kier alpha value is -2.98. The van der Waals surface area contributed by atoms with Gasteiger partial charge in [-0.1, -0.05) is 32.9 Å². The first-order valence-corrected chi connectivity index (χ1v) is 10.3. The van der Waals surface area contributed by atoms with Gasteiger partial charge in [-0.3, -0.25) is 14.5 Å². The number of nitrogens with one attached hydrogen (secondary N) is 1. The van der Waals surface area contributed by atoms with E-state index in [0.29, 0.717) is 30.2 Å². The lowest BCUT2D eigenvalue weighted by molar-refractivity contribution is 0.0757. The summed E-state index contributed by atoms with van der Waals surface area (Å²) in [5.41, 5.74) is 1.76. The highest BCUT2D eigenvalue weighted by Gasteiger charge is 2.26. The fourth-order valence-corrected chi connectivity index (χ4v) is 3.63. The number of aryl methyl sites for hydroxylation is 1. The van der Waals surface area contributed by atoms with E-state index in [2.05, 4.69) is 20.9 Å². The average Bonchev–Trinajstić information content (AvgIpc) is 2.93. The van der Waals surface area contributed by atoms with Crippen molar-refractivity contribution >= 4 is 5.91 Å². The molecule has 0 atom stereocenters. The lowest BCUT2D eigenvalue weighted by Crippen LogP contribution is -2.39. The van der Waals surface area contributed by atoms with Crippen molar-refractivity contribution in [2.45, 2.75) is 46.1 Å². The maximum atomic E-state index is 13.1. The Labute approximate surface area is 177 Å². The lowest BCUT2D eigenvalue weighted by Gasteiger charge is -2.23. The summed E-state index contributed by atoms with van der Waals surface area (Å²) in [7, 11) is 0. The molecular formula is C23H29N5O2.